The van der Waals surface area contributed by atoms with Gasteiger partial charge in [0.2, 0.25) is 5.91 Å². The Kier molecular flexibility index (Phi) is 3.94. The average Bonchev–Trinajstić information content (AvgIpc) is 3.27. The van der Waals surface area contributed by atoms with Gasteiger partial charge < -0.3 is 14.4 Å². The Balaban J connectivity index is 1.36. The maximum Gasteiger partial charge on any atom is 0.228 e. The Morgan fingerprint density at radius 3 is 2.80 bits per heavy atom. The molecular formula is C24H25N5O. The molecule has 0 radical (unpaired) electrons. The standard InChI is InChI=1S/C24H25N5O/c30-22(15-19-5-1-2-11-25-19)27-14-10-24(17-27)21-7-4-13-28(21)23-20(6-3-12-26-23)29(24)16-18-8-9-18/h1-7,11-13,18H,8-10,14-17H2/t24-/m1/s1. The average molecular weight is 399 g/mol. The van der Waals surface area contributed by atoms with Crippen LogP contribution >= 0.6 is 0 Å². The molecule has 6 nitrogen and oxygen atoms in total. The van der Waals surface area contributed by atoms with Gasteiger partial charge in [0.1, 0.15) is 5.54 Å². The summed E-state index contributed by atoms with van der Waals surface area (Å²) in [7, 11) is 0. The summed E-state index contributed by atoms with van der Waals surface area (Å²) in [6.45, 7) is 2.52. The van der Waals surface area contributed by atoms with Crippen LogP contribution in [0.25, 0.3) is 5.82 Å². The third-order valence-electron chi connectivity index (χ3n) is 6.82. The topological polar surface area (TPSA) is 54.3 Å². The Labute approximate surface area is 176 Å². The molecule has 3 aliphatic rings. The summed E-state index contributed by atoms with van der Waals surface area (Å²) in [6.07, 6.45) is 9.62. The molecular weight excluding hydrogens is 374 g/mol. The molecule has 2 fully saturated rings. The predicted molar refractivity (Wildman–Crippen MR) is 114 cm³/mol. The number of carbonyl (C=O) groups is 1. The van der Waals surface area contributed by atoms with Gasteiger partial charge >= 0.3 is 0 Å². The van der Waals surface area contributed by atoms with Crippen LogP contribution in [0.4, 0.5) is 5.69 Å². The maximum atomic E-state index is 13.1. The van der Waals surface area contributed by atoms with Gasteiger partial charge in [-0.25, -0.2) is 4.98 Å². The minimum Gasteiger partial charge on any atom is -0.355 e. The second kappa shape index (κ2) is 6.69. The first-order valence-electron chi connectivity index (χ1n) is 10.8. The number of pyridine rings is 2. The van der Waals surface area contributed by atoms with Crippen molar-refractivity contribution in [1.29, 1.82) is 0 Å². The lowest BCUT2D eigenvalue weighted by molar-refractivity contribution is -0.129. The Bertz CT molecular complexity index is 1090. The van der Waals surface area contributed by atoms with Gasteiger partial charge in [-0.15, -0.1) is 0 Å². The molecule has 1 atom stereocenters. The van der Waals surface area contributed by atoms with Crippen LogP contribution < -0.4 is 4.90 Å². The number of rotatable bonds is 4. The van der Waals surface area contributed by atoms with Crippen molar-refractivity contribution in [3.63, 3.8) is 0 Å². The van der Waals surface area contributed by atoms with Crippen molar-refractivity contribution < 1.29 is 4.79 Å². The molecule has 1 spiro atoms. The Hall–Kier alpha value is -3.15. The van der Waals surface area contributed by atoms with Crippen molar-refractivity contribution in [3.8, 4) is 5.82 Å². The molecule has 0 N–H and O–H groups in total. The highest BCUT2D eigenvalue weighted by molar-refractivity contribution is 5.79. The number of likely N-dealkylation sites (tertiary alicyclic amines) is 1. The van der Waals surface area contributed by atoms with Crippen LogP contribution in [-0.2, 0) is 16.8 Å². The molecule has 0 aromatic carbocycles. The number of hydrogen-bond donors (Lipinski definition) is 0. The zero-order valence-electron chi connectivity index (χ0n) is 16.9. The van der Waals surface area contributed by atoms with E-state index in [4.69, 9.17) is 4.98 Å². The molecule has 1 amide bonds. The summed E-state index contributed by atoms with van der Waals surface area (Å²) >= 11 is 0. The number of anilines is 1. The zero-order chi connectivity index (χ0) is 20.1. The van der Waals surface area contributed by atoms with Gasteiger partial charge in [0.15, 0.2) is 5.82 Å². The fraction of sp³-hybridized carbons (Fsp3) is 0.375. The third kappa shape index (κ3) is 2.74. The SMILES string of the molecule is O=C(Cc1ccccn1)N1CC[C@@]2(C1)c1cccn1-c1ncccc1N2CC1CC1. The molecule has 6 heteroatoms. The summed E-state index contributed by atoms with van der Waals surface area (Å²) in [5.74, 6) is 1.91. The van der Waals surface area contributed by atoms with E-state index in [1.807, 2.05) is 35.4 Å². The third-order valence-corrected chi connectivity index (χ3v) is 6.82. The van der Waals surface area contributed by atoms with Crippen molar-refractivity contribution in [3.05, 3.63) is 72.4 Å². The van der Waals surface area contributed by atoms with E-state index in [-0.39, 0.29) is 11.4 Å². The van der Waals surface area contributed by atoms with Gasteiger partial charge in [0.05, 0.1) is 17.8 Å². The van der Waals surface area contributed by atoms with Crippen molar-refractivity contribution in [2.75, 3.05) is 24.5 Å². The fourth-order valence-electron chi connectivity index (χ4n) is 5.14. The zero-order valence-corrected chi connectivity index (χ0v) is 16.9. The molecule has 152 valence electrons. The fourth-order valence-corrected chi connectivity index (χ4v) is 5.14. The number of aromatic nitrogens is 3. The van der Waals surface area contributed by atoms with Crippen LogP contribution in [0.3, 0.4) is 0 Å². The van der Waals surface area contributed by atoms with Crippen molar-refractivity contribution in [2.24, 2.45) is 5.92 Å². The van der Waals surface area contributed by atoms with Gasteiger partial charge in [-0.2, -0.15) is 0 Å². The summed E-state index contributed by atoms with van der Waals surface area (Å²) in [6, 6.07) is 14.3. The number of nitrogens with zero attached hydrogens (tertiary/aromatic N) is 5. The molecule has 3 aromatic rings. The number of amides is 1. The summed E-state index contributed by atoms with van der Waals surface area (Å²) < 4.78 is 2.23. The normalized spacial score (nSPS) is 22.3. The van der Waals surface area contributed by atoms with E-state index in [1.54, 1.807) is 6.20 Å². The smallest absolute Gasteiger partial charge is 0.228 e. The van der Waals surface area contributed by atoms with Gasteiger partial charge in [-0.05, 0) is 61.6 Å². The van der Waals surface area contributed by atoms with Crippen molar-refractivity contribution in [2.45, 2.75) is 31.2 Å². The summed E-state index contributed by atoms with van der Waals surface area (Å²) in [4.78, 5) is 26.8. The van der Waals surface area contributed by atoms with E-state index in [1.165, 1.54) is 24.2 Å². The lowest BCUT2D eigenvalue weighted by Crippen LogP contribution is -2.53. The van der Waals surface area contributed by atoms with Crippen LogP contribution in [-0.4, -0.2) is 45.0 Å². The van der Waals surface area contributed by atoms with Crippen LogP contribution in [0.1, 0.15) is 30.7 Å². The minimum atomic E-state index is -0.193. The van der Waals surface area contributed by atoms with E-state index >= 15 is 0 Å². The molecule has 1 aliphatic carbocycles. The van der Waals surface area contributed by atoms with E-state index in [2.05, 4.69) is 38.8 Å². The lowest BCUT2D eigenvalue weighted by atomic mass is 9.88. The first kappa shape index (κ1) is 17.7. The van der Waals surface area contributed by atoms with Gasteiger partial charge in [-0.3, -0.25) is 9.78 Å². The molecule has 0 bridgehead atoms. The highest BCUT2D eigenvalue weighted by Crippen LogP contribution is 2.48. The quantitative estimate of drug-likeness (QED) is 0.676. The summed E-state index contributed by atoms with van der Waals surface area (Å²) in [5, 5.41) is 0. The van der Waals surface area contributed by atoms with Crippen LogP contribution in [0.5, 0.6) is 0 Å². The highest BCUT2D eigenvalue weighted by Gasteiger charge is 2.51. The molecule has 30 heavy (non-hydrogen) atoms. The highest BCUT2D eigenvalue weighted by atomic mass is 16.2. The Morgan fingerprint density at radius 2 is 1.97 bits per heavy atom. The van der Waals surface area contributed by atoms with Crippen LogP contribution in [0.2, 0.25) is 0 Å². The largest absolute Gasteiger partial charge is 0.355 e. The summed E-state index contributed by atoms with van der Waals surface area (Å²) in [5.41, 5.74) is 3.08. The first-order chi connectivity index (χ1) is 14.7. The maximum absolute atomic E-state index is 13.1. The molecule has 1 saturated carbocycles. The lowest BCUT2D eigenvalue weighted by Gasteiger charge is -2.47. The predicted octanol–water partition coefficient (Wildman–Crippen LogP) is 3.17. The number of fused-ring (bicyclic) bond motifs is 4. The molecule has 5 heterocycles. The Morgan fingerprint density at radius 1 is 1.07 bits per heavy atom. The second-order valence-corrected chi connectivity index (χ2v) is 8.76. The molecule has 2 aliphatic heterocycles. The van der Waals surface area contributed by atoms with E-state index < -0.39 is 0 Å². The molecule has 1 saturated heterocycles. The molecule has 6 rings (SSSR count). The monoisotopic (exact) mass is 399 g/mol. The molecule has 0 unspecified atom stereocenters. The van der Waals surface area contributed by atoms with Crippen LogP contribution in [0.15, 0.2) is 61.1 Å². The van der Waals surface area contributed by atoms with Gasteiger partial charge in [0.25, 0.3) is 0 Å². The first-order valence-corrected chi connectivity index (χ1v) is 10.8. The van der Waals surface area contributed by atoms with Gasteiger partial charge in [0, 0.05) is 43.9 Å². The molecule has 3 aromatic heterocycles. The second-order valence-electron chi connectivity index (χ2n) is 8.76. The van der Waals surface area contributed by atoms with Crippen molar-refractivity contribution >= 4 is 11.6 Å². The number of carbonyl (C=O) groups excluding carboxylic acids is 1. The van der Waals surface area contributed by atoms with Crippen molar-refractivity contribution in [1.82, 2.24) is 19.4 Å². The van der Waals surface area contributed by atoms with Gasteiger partial charge in [-0.1, -0.05) is 6.07 Å². The minimum absolute atomic E-state index is 0.159. The van der Waals surface area contributed by atoms with E-state index in [0.717, 1.165) is 36.9 Å². The van der Waals surface area contributed by atoms with E-state index in [0.29, 0.717) is 13.0 Å². The van der Waals surface area contributed by atoms with Crippen LogP contribution in [0, 0.1) is 5.92 Å². The van der Waals surface area contributed by atoms with E-state index in [9.17, 15) is 4.79 Å². The number of hydrogen-bond acceptors (Lipinski definition) is 4.